The number of carbonyl (C=O) groups excluding carboxylic acids is 2. The average molecular weight is 366 g/mol. The van der Waals surface area contributed by atoms with E-state index in [1.165, 1.54) is 49.6 Å². The standard InChI is InChI=1S/C18H17ClFNO4/c1-3-16(25-13-7-5-12(20)6-8-13)17(22)21-15-10-11(18(23)24-2)4-9-14(15)19/h4-10,16H,3H2,1-2H3,(H,21,22)/t16-/m0/s1. The minimum atomic E-state index is -0.802. The molecule has 7 heteroatoms. The lowest BCUT2D eigenvalue weighted by Crippen LogP contribution is -2.32. The lowest BCUT2D eigenvalue weighted by molar-refractivity contribution is -0.122. The fourth-order valence-electron chi connectivity index (χ4n) is 2.08. The Morgan fingerprint density at radius 1 is 1.20 bits per heavy atom. The van der Waals surface area contributed by atoms with Gasteiger partial charge in [0.1, 0.15) is 11.6 Å². The molecule has 2 aromatic rings. The van der Waals surface area contributed by atoms with Crippen molar-refractivity contribution in [2.24, 2.45) is 0 Å². The Kier molecular flexibility index (Phi) is 6.36. The molecule has 0 spiro atoms. The van der Waals surface area contributed by atoms with Crippen LogP contribution >= 0.6 is 11.6 Å². The van der Waals surface area contributed by atoms with E-state index in [2.05, 4.69) is 10.1 Å². The summed E-state index contributed by atoms with van der Waals surface area (Å²) >= 11 is 6.06. The number of rotatable bonds is 6. The molecular formula is C18H17ClFNO4. The lowest BCUT2D eigenvalue weighted by Gasteiger charge is -2.18. The maximum Gasteiger partial charge on any atom is 0.337 e. The summed E-state index contributed by atoms with van der Waals surface area (Å²) in [6.45, 7) is 1.78. The summed E-state index contributed by atoms with van der Waals surface area (Å²) in [5.41, 5.74) is 0.533. The Labute approximate surface area is 149 Å². The van der Waals surface area contributed by atoms with Crippen LogP contribution in [0.3, 0.4) is 0 Å². The average Bonchev–Trinajstić information content (AvgIpc) is 2.62. The Hall–Kier alpha value is -2.60. The van der Waals surface area contributed by atoms with Gasteiger partial charge in [-0.3, -0.25) is 4.79 Å². The third kappa shape index (κ3) is 4.93. The van der Waals surface area contributed by atoms with Gasteiger partial charge in [0.2, 0.25) is 0 Å². The molecule has 0 aliphatic heterocycles. The fourth-order valence-corrected chi connectivity index (χ4v) is 2.24. The molecule has 0 unspecified atom stereocenters. The zero-order chi connectivity index (χ0) is 18.4. The van der Waals surface area contributed by atoms with Crippen molar-refractivity contribution in [1.29, 1.82) is 0 Å². The predicted octanol–water partition coefficient (Wildman–Crippen LogP) is 4.06. The van der Waals surface area contributed by atoms with E-state index in [4.69, 9.17) is 16.3 Å². The summed E-state index contributed by atoms with van der Waals surface area (Å²) in [7, 11) is 1.26. The van der Waals surface area contributed by atoms with E-state index in [1.54, 1.807) is 6.92 Å². The zero-order valence-corrected chi connectivity index (χ0v) is 14.5. The molecule has 2 aromatic carbocycles. The van der Waals surface area contributed by atoms with Crippen LogP contribution in [0, 0.1) is 5.82 Å². The summed E-state index contributed by atoms with van der Waals surface area (Å²) in [4.78, 5) is 24.0. The quantitative estimate of drug-likeness (QED) is 0.784. The first-order chi connectivity index (χ1) is 11.9. The fraction of sp³-hybridized carbons (Fsp3) is 0.222. The first kappa shape index (κ1) is 18.7. The molecule has 0 saturated heterocycles. The number of hydrogen-bond donors (Lipinski definition) is 1. The Bertz CT molecular complexity index is 764. The largest absolute Gasteiger partial charge is 0.481 e. The summed E-state index contributed by atoms with van der Waals surface area (Å²) in [5.74, 6) is -0.994. The van der Waals surface area contributed by atoms with Gasteiger partial charge >= 0.3 is 5.97 Å². The summed E-state index contributed by atoms with van der Waals surface area (Å²) in [6, 6.07) is 9.79. The second kappa shape index (κ2) is 8.48. The molecule has 1 atom stereocenters. The van der Waals surface area contributed by atoms with E-state index >= 15 is 0 Å². The van der Waals surface area contributed by atoms with Crippen LogP contribution in [0.1, 0.15) is 23.7 Å². The normalized spacial score (nSPS) is 11.5. The van der Waals surface area contributed by atoms with Crippen LogP contribution in [0.4, 0.5) is 10.1 Å². The van der Waals surface area contributed by atoms with Gasteiger partial charge in [0.05, 0.1) is 23.4 Å². The second-order valence-electron chi connectivity index (χ2n) is 5.14. The number of amides is 1. The molecule has 1 N–H and O–H groups in total. The number of ether oxygens (including phenoxy) is 2. The van der Waals surface area contributed by atoms with Gasteiger partial charge in [-0.25, -0.2) is 9.18 Å². The molecule has 132 valence electrons. The molecule has 0 aromatic heterocycles. The van der Waals surface area contributed by atoms with Crippen molar-refractivity contribution in [3.63, 3.8) is 0 Å². The number of hydrogen-bond acceptors (Lipinski definition) is 4. The summed E-state index contributed by atoms with van der Waals surface area (Å²) in [6.07, 6.45) is -0.416. The second-order valence-corrected chi connectivity index (χ2v) is 5.55. The molecule has 5 nitrogen and oxygen atoms in total. The van der Waals surface area contributed by atoms with Crippen molar-refractivity contribution in [1.82, 2.24) is 0 Å². The Balaban J connectivity index is 2.13. The molecule has 0 saturated carbocycles. The number of benzene rings is 2. The number of methoxy groups -OCH3 is 1. The predicted molar refractivity (Wildman–Crippen MR) is 92.5 cm³/mol. The van der Waals surface area contributed by atoms with Crippen molar-refractivity contribution in [2.45, 2.75) is 19.4 Å². The number of halogens is 2. The molecule has 0 aliphatic carbocycles. The van der Waals surface area contributed by atoms with E-state index in [1.807, 2.05) is 0 Å². The van der Waals surface area contributed by atoms with E-state index in [9.17, 15) is 14.0 Å². The Morgan fingerprint density at radius 2 is 1.88 bits per heavy atom. The van der Waals surface area contributed by atoms with Crippen LogP contribution in [0.2, 0.25) is 5.02 Å². The highest BCUT2D eigenvalue weighted by Gasteiger charge is 2.20. The summed E-state index contributed by atoms with van der Waals surface area (Å²) in [5, 5.41) is 2.91. The van der Waals surface area contributed by atoms with E-state index in [0.717, 1.165) is 0 Å². The third-order valence-electron chi connectivity index (χ3n) is 3.40. The van der Waals surface area contributed by atoms with Crippen molar-refractivity contribution in [3.8, 4) is 5.75 Å². The molecule has 0 fully saturated rings. The maximum absolute atomic E-state index is 12.9. The number of esters is 1. The van der Waals surface area contributed by atoms with Gasteiger partial charge in [-0.1, -0.05) is 18.5 Å². The number of nitrogens with one attached hydrogen (secondary N) is 1. The first-order valence-corrected chi connectivity index (χ1v) is 7.93. The lowest BCUT2D eigenvalue weighted by atomic mass is 10.2. The monoisotopic (exact) mass is 365 g/mol. The van der Waals surface area contributed by atoms with Crippen LogP contribution in [-0.2, 0) is 9.53 Å². The first-order valence-electron chi connectivity index (χ1n) is 7.55. The molecular weight excluding hydrogens is 349 g/mol. The molecule has 2 rings (SSSR count). The van der Waals surface area contributed by atoms with E-state index in [-0.39, 0.29) is 16.3 Å². The minimum Gasteiger partial charge on any atom is -0.481 e. The molecule has 0 bridgehead atoms. The van der Waals surface area contributed by atoms with Crippen LogP contribution in [-0.4, -0.2) is 25.1 Å². The van der Waals surface area contributed by atoms with Crippen LogP contribution in [0.5, 0.6) is 5.75 Å². The Morgan fingerprint density at radius 3 is 2.48 bits per heavy atom. The molecule has 25 heavy (non-hydrogen) atoms. The van der Waals surface area contributed by atoms with Gasteiger partial charge in [-0.15, -0.1) is 0 Å². The maximum atomic E-state index is 12.9. The van der Waals surface area contributed by atoms with Gasteiger partial charge < -0.3 is 14.8 Å². The van der Waals surface area contributed by atoms with Crippen molar-refractivity contribution >= 4 is 29.2 Å². The molecule has 1 amide bonds. The highest BCUT2D eigenvalue weighted by atomic mass is 35.5. The van der Waals surface area contributed by atoms with Crippen LogP contribution in [0.15, 0.2) is 42.5 Å². The minimum absolute atomic E-state index is 0.259. The van der Waals surface area contributed by atoms with E-state index < -0.39 is 23.8 Å². The number of carbonyl (C=O) groups is 2. The third-order valence-corrected chi connectivity index (χ3v) is 3.73. The SMILES string of the molecule is CC[C@H](Oc1ccc(F)cc1)C(=O)Nc1cc(C(=O)OC)ccc1Cl. The van der Waals surface area contributed by atoms with Gasteiger partial charge in [0.25, 0.3) is 5.91 Å². The van der Waals surface area contributed by atoms with Crippen molar-refractivity contribution in [3.05, 3.63) is 58.9 Å². The highest BCUT2D eigenvalue weighted by Crippen LogP contribution is 2.24. The van der Waals surface area contributed by atoms with Gasteiger partial charge in [0, 0.05) is 0 Å². The molecule has 0 radical (unpaired) electrons. The van der Waals surface area contributed by atoms with Crippen molar-refractivity contribution < 1.29 is 23.5 Å². The van der Waals surface area contributed by atoms with Crippen LogP contribution in [0.25, 0.3) is 0 Å². The summed E-state index contributed by atoms with van der Waals surface area (Å²) < 4.78 is 23.2. The van der Waals surface area contributed by atoms with Gasteiger partial charge in [-0.05, 0) is 48.9 Å². The highest BCUT2D eigenvalue weighted by molar-refractivity contribution is 6.33. The van der Waals surface area contributed by atoms with Gasteiger partial charge in [0.15, 0.2) is 6.10 Å². The zero-order valence-electron chi connectivity index (χ0n) is 13.7. The van der Waals surface area contributed by atoms with Crippen LogP contribution < -0.4 is 10.1 Å². The molecule has 0 heterocycles. The number of anilines is 1. The smallest absolute Gasteiger partial charge is 0.337 e. The van der Waals surface area contributed by atoms with Gasteiger partial charge in [-0.2, -0.15) is 0 Å². The van der Waals surface area contributed by atoms with E-state index in [0.29, 0.717) is 12.2 Å². The molecule has 0 aliphatic rings. The van der Waals surface area contributed by atoms with Crippen molar-refractivity contribution in [2.75, 3.05) is 12.4 Å². The topological polar surface area (TPSA) is 64.6 Å².